The molecule has 0 aromatic heterocycles. The van der Waals surface area contributed by atoms with E-state index in [1.54, 1.807) is 0 Å². The van der Waals surface area contributed by atoms with Gasteiger partial charge in [-0.2, -0.15) is 0 Å². The van der Waals surface area contributed by atoms with E-state index >= 15 is 0 Å². The van der Waals surface area contributed by atoms with Crippen LogP contribution in [0.4, 0.5) is 0 Å². The van der Waals surface area contributed by atoms with E-state index in [4.69, 9.17) is 0 Å². The van der Waals surface area contributed by atoms with Crippen molar-refractivity contribution in [2.24, 2.45) is 5.92 Å². The second kappa shape index (κ2) is 6.36. The molecule has 4 heteroatoms. The molecule has 4 nitrogen and oxygen atoms in total. The third kappa shape index (κ3) is 4.64. The van der Waals surface area contributed by atoms with Crippen molar-refractivity contribution in [2.75, 3.05) is 13.1 Å². The third-order valence-corrected chi connectivity index (χ3v) is 3.75. The highest BCUT2D eigenvalue weighted by Crippen LogP contribution is 2.23. The molecule has 2 saturated carbocycles. The van der Waals surface area contributed by atoms with Gasteiger partial charge in [-0.3, -0.25) is 4.79 Å². The summed E-state index contributed by atoms with van der Waals surface area (Å²) >= 11 is 0. The highest BCUT2D eigenvalue weighted by Gasteiger charge is 2.24. The Kier molecular flexibility index (Phi) is 4.80. The summed E-state index contributed by atoms with van der Waals surface area (Å²) < 4.78 is 0. The number of nitrogens with one attached hydrogen (secondary N) is 2. The molecule has 0 aliphatic heterocycles. The van der Waals surface area contributed by atoms with Crippen LogP contribution in [0.15, 0.2) is 0 Å². The van der Waals surface area contributed by atoms with E-state index in [1.165, 1.54) is 6.42 Å². The van der Waals surface area contributed by atoms with Crippen LogP contribution in [0.25, 0.3) is 0 Å². The Morgan fingerprint density at radius 2 is 1.94 bits per heavy atom. The van der Waals surface area contributed by atoms with E-state index in [9.17, 15) is 9.90 Å². The smallest absolute Gasteiger partial charge is 0.221 e. The summed E-state index contributed by atoms with van der Waals surface area (Å²) in [6.45, 7) is 1.57. The van der Waals surface area contributed by atoms with E-state index in [0.717, 1.165) is 45.2 Å². The molecule has 0 aromatic carbocycles. The molecule has 0 saturated heterocycles. The lowest BCUT2D eigenvalue weighted by molar-refractivity contribution is -0.121. The first-order chi connectivity index (χ1) is 8.25. The zero-order valence-electron chi connectivity index (χ0n) is 10.5. The number of hydrogen-bond donors (Lipinski definition) is 3. The Hall–Kier alpha value is -0.610. The lowest BCUT2D eigenvalue weighted by atomic mass is 9.86. The number of hydrogen-bond acceptors (Lipinski definition) is 3. The number of rotatable bonds is 6. The van der Waals surface area contributed by atoms with Crippen LogP contribution in [0, 0.1) is 5.92 Å². The van der Waals surface area contributed by atoms with Gasteiger partial charge in [0.25, 0.3) is 0 Å². The Morgan fingerprint density at radius 1 is 1.18 bits per heavy atom. The molecule has 2 fully saturated rings. The minimum absolute atomic E-state index is 0.142. The van der Waals surface area contributed by atoms with Gasteiger partial charge in [-0.1, -0.05) is 12.8 Å². The van der Waals surface area contributed by atoms with E-state index in [2.05, 4.69) is 10.6 Å². The van der Waals surface area contributed by atoms with Gasteiger partial charge in [0.2, 0.25) is 5.91 Å². The lowest BCUT2D eigenvalue weighted by Gasteiger charge is -2.27. The highest BCUT2D eigenvalue weighted by molar-refractivity contribution is 5.76. The molecule has 0 bridgehead atoms. The molecule has 1 amide bonds. The molecule has 98 valence electrons. The van der Waals surface area contributed by atoms with Crippen LogP contribution in [0.5, 0.6) is 0 Å². The number of carbonyl (C=O) groups excluding carboxylic acids is 1. The molecule has 2 aliphatic carbocycles. The molecule has 0 aromatic rings. The van der Waals surface area contributed by atoms with Crippen LogP contribution in [-0.4, -0.2) is 36.2 Å². The van der Waals surface area contributed by atoms with Gasteiger partial charge in [-0.25, -0.2) is 0 Å². The maximum atomic E-state index is 11.4. The molecule has 17 heavy (non-hydrogen) atoms. The Labute approximate surface area is 103 Å². The quantitative estimate of drug-likeness (QED) is 0.602. The molecular formula is C13H24N2O2. The second-order valence-corrected chi connectivity index (χ2v) is 5.41. The van der Waals surface area contributed by atoms with E-state index in [-0.39, 0.29) is 12.0 Å². The Bertz CT molecular complexity index is 254. The fraction of sp³-hybridized carbons (Fsp3) is 0.923. The van der Waals surface area contributed by atoms with E-state index < -0.39 is 0 Å². The van der Waals surface area contributed by atoms with Crippen LogP contribution < -0.4 is 10.6 Å². The first kappa shape index (κ1) is 12.8. The largest absolute Gasteiger partial charge is 0.393 e. The third-order valence-electron chi connectivity index (χ3n) is 3.75. The lowest BCUT2D eigenvalue weighted by Crippen LogP contribution is -2.36. The normalized spacial score (nSPS) is 29.0. The molecule has 2 rings (SSSR count). The molecule has 2 unspecified atom stereocenters. The summed E-state index contributed by atoms with van der Waals surface area (Å²) in [4.78, 5) is 11.4. The van der Waals surface area contributed by atoms with Gasteiger partial charge in [-0.15, -0.1) is 0 Å². The highest BCUT2D eigenvalue weighted by atomic mass is 16.3. The van der Waals surface area contributed by atoms with Gasteiger partial charge in [0.05, 0.1) is 6.10 Å². The molecule has 2 aliphatic rings. The van der Waals surface area contributed by atoms with Crippen molar-refractivity contribution in [3.05, 3.63) is 0 Å². The zero-order valence-corrected chi connectivity index (χ0v) is 10.5. The predicted octanol–water partition coefficient (Wildman–Crippen LogP) is 0.796. The van der Waals surface area contributed by atoms with Crippen LogP contribution >= 0.6 is 0 Å². The standard InChI is InChI=1S/C13H24N2O2/c16-12-4-2-1-3-10(12)9-14-8-7-13(17)15-11-5-6-11/h10-12,14,16H,1-9H2,(H,15,17). The number of aliphatic hydroxyl groups excluding tert-OH is 1. The van der Waals surface area contributed by atoms with Gasteiger partial charge in [0.15, 0.2) is 0 Å². The number of amides is 1. The molecule has 0 heterocycles. The average molecular weight is 240 g/mol. The molecule has 0 radical (unpaired) electrons. The van der Waals surface area contributed by atoms with Crippen LogP contribution in [0.3, 0.4) is 0 Å². The molecule has 2 atom stereocenters. The summed E-state index contributed by atoms with van der Waals surface area (Å²) in [6, 6.07) is 0.461. The van der Waals surface area contributed by atoms with Gasteiger partial charge < -0.3 is 15.7 Å². The van der Waals surface area contributed by atoms with Crippen molar-refractivity contribution < 1.29 is 9.90 Å². The van der Waals surface area contributed by atoms with Crippen molar-refractivity contribution in [1.82, 2.24) is 10.6 Å². The topological polar surface area (TPSA) is 61.4 Å². The minimum Gasteiger partial charge on any atom is -0.393 e. The fourth-order valence-electron chi connectivity index (χ4n) is 2.44. The SMILES string of the molecule is O=C(CCNCC1CCCCC1O)NC1CC1. The summed E-state index contributed by atoms with van der Waals surface area (Å²) in [6.07, 6.45) is 7.14. The van der Waals surface area contributed by atoms with Crippen molar-refractivity contribution in [2.45, 2.75) is 57.1 Å². The first-order valence-corrected chi connectivity index (χ1v) is 6.94. The number of carbonyl (C=O) groups is 1. The molecular weight excluding hydrogens is 216 g/mol. The number of aliphatic hydroxyl groups is 1. The van der Waals surface area contributed by atoms with Gasteiger partial charge in [0.1, 0.15) is 0 Å². The fourth-order valence-corrected chi connectivity index (χ4v) is 2.44. The predicted molar refractivity (Wildman–Crippen MR) is 66.6 cm³/mol. The summed E-state index contributed by atoms with van der Waals surface area (Å²) in [5, 5.41) is 16.0. The second-order valence-electron chi connectivity index (χ2n) is 5.41. The van der Waals surface area contributed by atoms with Crippen molar-refractivity contribution in [3.63, 3.8) is 0 Å². The maximum absolute atomic E-state index is 11.4. The van der Waals surface area contributed by atoms with Crippen LogP contribution in [0.1, 0.15) is 44.9 Å². The molecule has 3 N–H and O–H groups in total. The Morgan fingerprint density at radius 3 is 2.65 bits per heavy atom. The van der Waals surface area contributed by atoms with Crippen molar-refractivity contribution in [1.29, 1.82) is 0 Å². The summed E-state index contributed by atoms with van der Waals surface area (Å²) in [7, 11) is 0. The van der Waals surface area contributed by atoms with Crippen LogP contribution in [-0.2, 0) is 4.79 Å². The average Bonchev–Trinajstić information content (AvgIpc) is 3.10. The first-order valence-electron chi connectivity index (χ1n) is 6.94. The molecule has 0 spiro atoms. The van der Waals surface area contributed by atoms with Crippen molar-refractivity contribution in [3.8, 4) is 0 Å². The van der Waals surface area contributed by atoms with Crippen LogP contribution in [0.2, 0.25) is 0 Å². The monoisotopic (exact) mass is 240 g/mol. The van der Waals surface area contributed by atoms with Gasteiger partial charge in [-0.05, 0) is 31.6 Å². The summed E-state index contributed by atoms with van der Waals surface area (Å²) in [5.41, 5.74) is 0. The summed E-state index contributed by atoms with van der Waals surface area (Å²) in [5.74, 6) is 0.541. The van der Waals surface area contributed by atoms with Gasteiger partial charge in [0, 0.05) is 25.6 Å². The minimum atomic E-state index is -0.142. The van der Waals surface area contributed by atoms with Gasteiger partial charge >= 0.3 is 0 Å². The zero-order chi connectivity index (χ0) is 12.1. The van der Waals surface area contributed by atoms with E-state index in [1.807, 2.05) is 0 Å². The van der Waals surface area contributed by atoms with Crippen molar-refractivity contribution >= 4 is 5.91 Å². The maximum Gasteiger partial charge on any atom is 0.221 e. The van der Waals surface area contributed by atoms with E-state index in [0.29, 0.717) is 18.4 Å². The Balaban J connectivity index is 1.51.